The zero-order chi connectivity index (χ0) is 24.5. The van der Waals surface area contributed by atoms with Crippen LogP contribution in [-0.4, -0.2) is 28.9 Å². The van der Waals surface area contributed by atoms with Gasteiger partial charge in [-0.05, 0) is 60.5 Å². The molecule has 0 saturated carbocycles. The average molecular weight is 492 g/mol. The molecule has 1 spiro atoms. The largest absolute Gasteiger partial charge is 0.508 e. The molecule has 35 heavy (non-hydrogen) atoms. The van der Waals surface area contributed by atoms with Crippen LogP contribution < -0.4 is 15.5 Å². The Bertz CT molecular complexity index is 1410. The number of benzene rings is 3. The summed E-state index contributed by atoms with van der Waals surface area (Å²) in [4.78, 5) is 42.2. The third kappa shape index (κ3) is 3.10. The molecule has 3 aromatic carbocycles. The molecule has 0 aliphatic carbocycles. The molecule has 176 valence electrons. The summed E-state index contributed by atoms with van der Waals surface area (Å²) in [5.41, 5.74) is 0.215. The predicted molar refractivity (Wildman–Crippen MR) is 126 cm³/mol. The number of aromatic hydroxyl groups is 1. The molecule has 0 bridgehead atoms. The molecule has 2 saturated heterocycles. The number of hydrogen-bond acceptors (Lipinski definition) is 5. The van der Waals surface area contributed by atoms with E-state index < -0.39 is 47.0 Å². The molecule has 3 heterocycles. The Kier molecular flexibility index (Phi) is 4.74. The van der Waals surface area contributed by atoms with E-state index in [1.807, 2.05) is 0 Å². The number of nitrogens with one attached hydrogen (secondary N) is 2. The minimum absolute atomic E-state index is 0.0984. The van der Waals surface area contributed by atoms with Crippen molar-refractivity contribution in [3.63, 3.8) is 0 Å². The second-order valence-corrected chi connectivity index (χ2v) is 9.51. The lowest BCUT2D eigenvalue weighted by Crippen LogP contribution is -2.53. The molecule has 3 aliphatic heterocycles. The van der Waals surface area contributed by atoms with Crippen molar-refractivity contribution >= 4 is 40.7 Å². The molecule has 4 atom stereocenters. The van der Waals surface area contributed by atoms with Crippen LogP contribution in [0, 0.1) is 17.7 Å². The Morgan fingerprint density at radius 3 is 2.51 bits per heavy atom. The van der Waals surface area contributed by atoms with Gasteiger partial charge in [0, 0.05) is 22.3 Å². The first-order chi connectivity index (χ1) is 16.8. The first-order valence-electron chi connectivity index (χ1n) is 11.1. The molecule has 0 unspecified atom stereocenters. The SMILES string of the molecule is O=C1[C@@H]2[C@H](Cc3ccc(O)cc3)N[C@@]3(C(=O)Nc4ccc(F)cc43)[C@@H]2C(=O)N1c1cccc(Cl)c1. The van der Waals surface area contributed by atoms with Gasteiger partial charge in [0.1, 0.15) is 17.1 Å². The summed E-state index contributed by atoms with van der Waals surface area (Å²) in [5, 5.41) is 16.0. The molecule has 0 radical (unpaired) electrons. The molecule has 7 nitrogen and oxygen atoms in total. The Hall–Kier alpha value is -3.75. The third-order valence-corrected chi connectivity index (χ3v) is 7.37. The van der Waals surface area contributed by atoms with Crippen molar-refractivity contribution in [3.05, 3.63) is 88.7 Å². The smallest absolute Gasteiger partial charge is 0.250 e. The first kappa shape index (κ1) is 21.8. The molecule has 3 aromatic rings. The molecular formula is C26H19ClFN3O4. The molecule has 3 aliphatic rings. The number of nitrogens with zero attached hydrogens (tertiary/aromatic N) is 1. The van der Waals surface area contributed by atoms with Gasteiger partial charge in [0.25, 0.3) is 0 Å². The number of carbonyl (C=O) groups excluding carboxylic acids is 3. The molecule has 3 N–H and O–H groups in total. The summed E-state index contributed by atoms with van der Waals surface area (Å²) in [7, 11) is 0. The van der Waals surface area contributed by atoms with E-state index in [0.29, 0.717) is 28.4 Å². The predicted octanol–water partition coefficient (Wildman–Crippen LogP) is 3.35. The van der Waals surface area contributed by atoms with Crippen molar-refractivity contribution in [2.45, 2.75) is 18.0 Å². The normalized spacial score (nSPS) is 26.9. The van der Waals surface area contributed by atoms with Gasteiger partial charge in [-0.2, -0.15) is 0 Å². The molecular weight excluding hydrogens is 473 g/mol. The van der Waals surface area contributed by atoms with Crippen LogP contribution in [0.3, 0.4) is 0 Å². The summed E-state index contributed by atoms with van der Waals surface area (Å²) >= 11 is 6.13. The fraction of sp³-hybridized carbons (Fsp3) is 0.192. The van der Waals surface area contributed by atoms with Crippen LogP contribution in [0.25, 0.3) is 0 Å². The van der Waals surface area contributed by atoms with Crippen LogP contribution in [0.1, 0.15) is 11.1 Å². The lowest BCUT2D eigenvalue weighted by atomic mass is 9.76. The van der Waals surface area contributed by atoms with E-state index in [4.69, 9.17) is 11.6 Å². The fourth-order valence-electron chi connectivity index (χ4n) is 5.70. The number of carbonyl (C=O) groups is 3. The maximum atomic E-state index is 14.3. The number of halogens is 2. The van der Waals surface area contributed by atoms with Gasteiger partial charge in [-0.3, -0.25) is 19.7 Å². The quantitative estimate of drug-likeness (QED) is 0.488. The van der Waals surface area contributed by atoms with Gasteiger partial charge in [-0.1, -0.05) is 29.8 Å². The van der Waals surface area contributed by atoms with E-state index in [1.54, 1.807) is 30.3 Å². The van der Waals surface area contributed by atoms with Crippen molar-refractivity contribution in [2.24, 2.45) is 11.8 Å². The van der Waals surface area contributed by atoms with Crippen molar-refractivity contribution in [1.82, 2.24) is 5.32 Å². The Morgan fingerprint density at radius 1 is 1.00 bits per heavy atom. The number of phenols is 1. The highest BCUT2D eigenvalue weighted by molar-refractivity contribution is 6.31. The summed E-state index contributed by atoms with van der Waals surface area (Å²) in [6, 6.07) is 16.2. The van der Waals surface area contributed by atoms with Crippen molar-refractivity contribution < 1.29 is 23.9 Å². The molecule has 2 fully saturated rings. The minimum Gasteiger partial charge on any atom is -0.508 e. The molecule has 9 heteroatoms. The van der Waals surface area contributed by atoms with E-state index in [2.05, 4.69) is 10.6 Å². The maximum Gasteiger partial charge on any atom is 0.250 e. The van der Waals surface area contributed by atoms with Crippen LogP contribution in [0.15, 0.2) is 66.7 Å². The number of imide groups is 1. The Balaban J connectivity index is 1.50. The van der Waals surface area contributed by atoms with Crippen molar-refractivity contribution in [3.8, 4) is 5.75 Å². The van der Waals surface area contributed by atoms with E-state index in [9.17, 15) is 23.9 Å². The number of hydrogen-bond donors (Lipinski definition) is 3. The fourth-order valence-corrected chi connectivity index (χ4v) is 5.89. The number of fused-ring (bicyclic) bond motifs is 4. The van der Waals surface area contributed by atoms with Gasteiger partial charge >= 0.3 is 0 Å². The van der Waals surface area contributed by atoms with Crippen LogP contribution in [0.4, 0.5) is 15.8 Å². The zero-order valence-corrected chi connectivity index (χ0v) is 18.9. The van der Waals surface area contributed by atoms with Gasteiger partial charge in [0.05, 0.1) is 17.5 Å². The van der Waals surface area contributed by atoms with Crippen molar-refractivity contribution in [1.29, 1.82) is 0 Å². The summed E-state index contributed by atoms with van der Waals surface area (Å²) in [5.74, 6) is -3.92. The highest BCUT2D eigenvalue weighted by atomic mass is 35.5. The van der Waals surface area contributed by atoms with Gasteiger partial charge in [0.2, 0.25) is 17.7 Å². The first-order valence-corrected chi connectivity index (χ1v) is 11.5. The number of anilines is 2. The lowest BCUT2D eigenvalue weighted by Gasteiger charge is -2.29. The van der Waals surface area contributed by atoms with Crippen LogP contribution in [0.2, 0.25) is 5.02 Å². The monoisotopic (exact) mass is 491 g/mol. The number of amides is 3. The molecule has 3 amide bonds. The zero-order valence-electron chi connectivity index (χ0n) is 18.2. The lowest BCUT2D eigenvalue weighted by molar-refractivity contribution is -0.130. The topological polar surface area (TPSA) is 98.7 Å². The molecule has 0 aromatic heterocycles. The second kappa shape index (κ2) is 7.63. The Morgan fingerprint density at radius 2 is 1.77 bits per heavy atom. The maximum absolute atomic E-state index is 14.3. The average Bonchev–Trinajstić information content (AvgIpc) is 3.40. The van der Waals surface area contributed by atoms with Crippen LogP contribution in [-0.2, 0) is 26.3 Å². The highest BCUT2D eigenvalue weighted by Crippen LogP contribution is 2.54. The van der Waals surface area contributed by atoms with Gasteiger partial charge in [-0.25, -0.2) is 9.29 Å². The van der Waals surface area contributed by atoms with E-state index in [0.717, 1.165) is 10.5 Å². The van der Waals surface area contributed by atoms with Crippen molar-refractivity contribution in [2.75, 3.05) is 10.2 Å². The van der Waals surface area contributed by atoms with E-state index in [1.165, 1.54) is 36.4 Å². The summed E-state index contributed by atoms with van der Waals surface area (Å²) in [6.07, 6.45) is 0.309. The van der Waals surface area contributed by atoms with Gasteiger partial charge in [-0.15, -0.1) is 0 Å². The Labute approximate surface area is 204 Å². The van der Waals surface area contributed by atoms with Crippen LogP contribution >= 0.6 is 11.6 Å². The highest BCUT2D eigenvalue weighted by Gasteiger charge is 2.70. The van der Waals surface area contributed by atoms with Crippen LogP contribution in [0.5, 0.6) is 5.75 Å². The minimum atomic E-state index is -1.61. The van der Waals surface area contributed by atoms with Gasteiger partial charge in [0.15, 0.2) is 0 Å². The van der Waals surface area contributed by atoms with E-state index >= 15 is 0 Å². The number of rotatable bonds is 3. The standard InChI is InChI=1S/C26H19ClFN3O4/c27-14-2-1-3-16(11-14)31-23(33)21-20(10-13-4-7-17(32)8-5-13)30-26(22(21)24(31)34)18-12-15(28)6-9-19(18)29-25(26)35/h1-9,11-12,20-22,30,32H,10H2,(H,29,35)/t20-,21+,22-,26+/m0/s1. The molecule has 6 rings (SSSR count). The summed E-state index contributed by atoms with van der Waals surface area (Å²) < 4.78 is 14.3. The third-order valence-electron chi connectivity index (χ3n) is 7.14. The van der Waals surface area contributed by atoms with Gasteiger partial charge < -0.3 is 10.4 Å². The number of phenolic OH excluding ortho intramolecular Hbond substituents is 1. The summed E-state index contributed by atoms with van der Waals surface area (Å²) in [6.45, 7) is 0. The van der Waals surface area contributed by atoms with E-state index in [-0.39, 0.29) is 5.75 Å². The second-order valence-electron chi connectivity index (χ2n) is 9.07.